The van der Waals surface area contributed by atoms with Gasteiger partial charge in [0.2, 0.25) is 0 Å². The van der Waals surface area contributed by atoms with Crippen molar-refractivity contribution in [2.24, 2.45) is 0 Å². The molecule has 0 atom stereocenters. The highest BCUT2D eigenvalue weighted by Gasteiger charge is 2.36. The van der Waals surface area contributed by atoms with Crippen molar-refractivity contribution in [1.29, 1.82) is 0 Å². The van der Waals surface area contributed by atoms with Gasteiger partial charge >= 0.3 is 8.80 Å². The van der Waals surface area contributed by atoms with Gasteiger partial charge in [-0.05, 0) is 32.5 Å². The van der Waals surface area contributed by atoms with Crippen LogP contribution < -0.4 is 0 Å². The Labute approximate surface area is 101 Å². The lowest BCUT2D eigenvalue weighted by Gasteiger charge is -2.26. The summed E-state index contributed by atoms with van der Waals surface area (Å²) in [6, 6.07) is 0.886. The first-order valence-electron chi connectivity index (χ1n) is 6.05. The number of nitrogens with zero attached hydrogens (tertiary/aromatic N) is 1. The van der Waals surface area contributed by atoms with E-state index >= 15 is 0 Å². The van der Waals surface area contributed by atoms with Crippen LogP contribution in [-0.4, -0.2) is 54.7 Å². The summed E-state index contributed by atoms with van der Waals surface area (Å²) in [5, 5.41) is 0. The van der Waals surface area contributed by atoms with E-state index in [1.165, 1.54) is 6.42 Å². The standard InChI is InChI=1S/C11H27NO3Si/c1-6-9-12(7-2)10-8-11-16(13-3,14-4)15-5/h6-11H2,1-5H3. The van der Waals surface area contributed by atoms with Gasteiger partial charge in [-0.2, -0.15) is 0 Å². The maximum Gasteiger partial charge on any atom is 0.500 e. The van der Waals surface area contributed by atoms with Gasteiger partial charge in [-0.3, -0.25) is 0 Å². The van der Waals surface area contributed by atoms with Crippen LogP contribution in [0, 0.1) is 0 Å². The van der Waals surface area contributed by atoms with Gasteiger partial charge in [0.25, 0.3) is 0 Å². The molecule has 0 rings (SSSR count). The normalized spacial score (nSPS) is 12.4. The van der Waals surface area contributed by atoms with Crippen molar-refractivity contribution in [2.45, 2.75) is 32.7 Å². The van der Waals surface area contributed by atoms with E-state index in [1.54, 1.807) is 21.3 Å². The zero-order valence-electron chi connectivity index (χ0n) is 11.4. The summed E-state index contributed by atoms with van der Waals surface area (Å²) in [5.74, 6) is 0. The molecule has 0 unspecified atom stereocenters. The molecule has 0 heterocycles. The monoisotopic (exact) mass is 249 g/mol. The van der Waals surface area contributed by atoms with E-state index in [-0.39, 0.29) is 0 Å². The summed E-state index contributed by atoms with van der Waals surface area (Å²) in [4.78, 5) is 2.44. The minimum atomic E-state index is -2.35. The van der Waals surface area contributed by atoms with Gasteiger partial charge in [0.1, 0.15) is 0 Å². The van der Waals surface area contributed by atoms with Gasteiger partial charge in [0.15, 0.2) is 0 Å². The highest BCUT2D eigenvalue weighted by atomic mass is 28.4. The van der Waals surface area contributed by atoms with Crippen LogP contribution in [0.25, 0.3) is 0 Å². The van der Waals surface area contributed by atoms with E-state index in [9.17, 15) is 0 Å². The Morgan fingerprint density at radius 1 is 0.938 bits per heavy atom. The molecule has 0 bridgehead atoms. The molecule has 0 saturated carbocycles. The summed E-state index contributed by atoms with van der Waals surface area (Å²) >= 11 is 0. The Hall–Kier alpha value is 0.0569. The Morgan fingerprint density at radius 2 is 1.50 bits per heavy atom. The summed E-state index contributed by atoms with van der Waals surface area (Å²) in [6.07, 6.45) is 2.27. The molecule has 0 spiro atoms. The number of rotatable bonds is 10. The highest BCUT2D eigenvalue weighted by Crippen LogP contribution is 2.15. The summed E-state index contributed by atoms with van der Waals surface area (Å²) < 4.78 is 16.2. The molecule has 0 radical (unpaired) electrons. The Balaban J connectivity index is 3.92. The molecule has 0 aliphatic heterocycles. The first kappa shape index (κ1) is 16.1. The molecule has 0 saturated heterocycles. The maximum absolute atomic E-state index is 5.39. The zero-order valence-corrected chi connectivity index (χ0v) is 12.4. The lowest BCUT2D eigenvalue weighted by molar-refractivity contribution is 0.121. The predicted octanol–water partition coefficient (Wildman–Crippen LogP) is 1.99. The van der Waals surface area contributed by atoms with Crippen LogP contribution in [0.15, 0.2) is 0 Å². The van der Waals surface area contributed by atoms with Crippen LogP contribution in [0.2, 0.25) is 6.04 Å². The molecule has 0 aromatic rings. The smallest absolute Gasteiger partial charge is 0.377 e. The fourth-order valence-electron chi connectivity index (χ4n) is 1.82. The molecule has 0 aliphatic rings. The summed E-state index contributed by atoms with van der Waals surface area (Å²) in [6.45, 7) is 7.77. The minimum absolute atomic E-state index is 0.886. The van der Waals surface area contributed by atoms with Crippen LogP contribution in [0.3, 0.4) is 0 Å². The fourth-order valence-corrected chi connectivity index (χ4v) is 3.52. The van der Waals surface area contributed by atoms with Crippen molar-refractivity contribution >= 4 is 8.80 Å². The van der Waals surface area contributed by atoms with Gasteiger partial charge in [0, 0.05) is 27.4 Å². The molecular weight excluding hydrogens is 222 g/mol. The van der Waals surface area contributed by atoms with Crippen LogP contribution in [0.1, 0.15) is 26.7 Å². The largest absolute Gasteiger partial charge is 0.500 e. The SMILES string of the molecule is CCCN(CC)CCC[Si](OC)(OC)OC. The molecule has 16 heavy (non-hydrogen) atoms. The summed E-state index contributed by atoms with van der Waals surface area (Å²) in [7, 11) is 2.66. The third-order valence-electron chi connectivity index (χ3n) is 2.88. The van der Waals surface area contributed by atoms with Crippen molar-refractivity contribution < 1.29 is 13.3 Å². The number of hydrogen-bond acceptors (Lipinski definition) is 4. The molecule has 98 valence electrons. The fraction of sp³-hybridized carbons (Fsp3) is 1.00. The van der Waals surface area contributed by atoms with Crippen molar-refractivity contribution in [1.82, 2.24) is 4.90 Å². The lowest BCUT2D eigenvalue weighted by atomic mass is 10.3. The summed E-state index contributed by atoms with van der Waals surface area (Å²) in [5.41, 5.74) is 0. The topological polar surface area (TPSA) is 30.9 Å². The molecule has 0 fully saturated rings. The van der Waals surface area contributed by atoms with Crippen molar-refractivity contribution in [3.8, 4) is 0 Å². The van der Waals surface area contributed by atoms with Gasteiger partial charge in [0.05, 0.1) is 0 Å². The van der Waals surface area contributed by atoms with Crippen LogP contribution in [-0.2, 0) is 13.3 Å². The zero-order chi connectivity index (χ0) is 12.4. The molecule has 0 aromatic carbocycles. The van der Waals surface area contributed by atoms with E-state index in [1.807, 2.05) is 0 Å². The van der Waals surface area contributed by atoms with Crippen LogP contribution >= 0.6 is 0 Å². The quantitative estimate of drug-likeness (QED) is 0.554. The average molecular weight is 249 g/mol. The van der Waals surface area contributed by atoms with Gasteiger partial charge in [-0.15, -0.1) is 0 Å². The molecule has 0 aromatic heterocycles. The van der Waals surface area contributed by atoms with Gasteiger partial charge < -0.3 is 18.2 Å². The second-order valence-corrected chi connectivity index (χ2v) is 6.92. The molecule has 0 amide bonds. The second-order valence-electron chi connectivity index (χ2n) is 3.83. The van der Waals surface area contributed by atoms with Crippen LogP contribution in [0.4, 0.5) is 0 Å². The Bertz CT molecular complexity index is 157. The Kier molecular flexibility index (Phi) is 9.16. The second kappa shape index (κ2) is 9.12. The molecule has 4 nitrogen and oxygen atoms in total. The first-order valence-corrected chi connectivity index (χ1v) is 7.99. The molecule has 0 aliphatic carbocycles. The van der Waals surface area contributed by atoms with Gasteiger partial charge in [-0.1, -0.05) is 13.8 Å². The maximum atomic E-state index is 5.39. The third kappa shape index (κ3) is 5.40. The van der Waals surface area contributed by atoms with Gasteiger partial charge in [-0.25, -0.2) is 0 Å². The van der Waals surface area contributed by atoms with E-state index in [2.05, 4.69) is 18.7 Å². The average Bonchev–Trinajstić information content (AvgIpc) is 2.34. The minimum Gasteiger partial charge on any atom is -0.377 e. The van der Waals surface area contributed by atoms with Crippen molar-refractivity contribution in [3.05, 3.63) is 0 Å². The van der Waals surface area contributed by atoms with E-state index in [4.69, 9.17) is 13.3 Å². The highest BCUT2D eigenvalue weighted by molar-refractivity contribution is 6.60. The van der Waals surface area contributed by atoms with Crippen LogP contribution in [0.5, 0.6) is 0 Å². The molecule has 0 N–H and O–H groups in total. The van der Waals surface area contributed by atoms with Crippen molar-refractivity contribution in [2.75, 3.05) is 41.0 Å². The molecular formula is C11H27NO3Si. The third-order valence-corrected chi connectivity index (χ3v) is 5.71. The van der Waals surface area contributed by atoms with E-state index < -0.39 is 8.80 Å². The van der Waals surface area contributed by atoms with E-state index in [0.717, 1.165) is 32.1 Å². The van der Waals surface area contributed by atoms with Crippen molar-refractivity contribution in [3.63, 3.8) is 0 Å². The number of hydrogen-bond donors (Lipinski definition) is 0. The lowest BCUT2D eigenvalue weighted by Crippen LogP contribution is -2.43. The first-order chi connectivity index (χ1) is 7.67. The van der Waals surface area contributed by atoms with E-state index in [0.29, 0.717) is 0 Å². The Morgan fingerprint density at radius 3 is 1.88 bits per heavy atom. The molecule has 5 heteroatoms. The predicted molar refractivity (Wildman–Crippen MR) is 68.6 cm³/mol.